The molecule has 0 aliphatic carbocycles. The summed E-state index contributed by atoms with van der Waals surface area (Å²) in [6.45, 7) is 3.55. The predicted molar refractivity (Wildman–Crippen MR) is 74.0 cm³/mol. The molecule has 1 aromatic carbocycles. The van der Waals surface area contributed by atoms with Gasteiger partial charge in [0.15, 0.2) is 0 Å². The van der Waals surface area contributed by atoms with Crippen LogP contribution < -0.4 is 5.32 Å². The average molecular weight is 290 g/mol. The molecule has 0 heterocycles. The highest BCUT2D eigenvalue weighted by Crippen LogP contribution is 2.23. The van der Waals surface area contributed by atoms with Crippen LogP contribution in [0.15, 0.2) is 18.2 Å². The molecule has 0 amide bonds. The lowest BCUT2D eigenvalue weighted by molar-refractivity contribution is -0.143. The van der Waals surface area contributed by atoms with Gasteiger partial charge in [-0.2, -0.15) is 0 Å². The first-order chi connectivity index (χ1) is 8.65. The molecule has 1 aromatic rings. The van der Waals surface area contributed by atoms with E-state index >= 15 is 0 Å². The summed E-state index contributed by atoms with van der Waals surface area (Å²) in [7, 11) is 0. The molecule has 1 rings (SSSR count). The number of esters is 1. The molecule has 0 aromatic heterocycles. The first kappa shape index (κ1) is 15.3. The van der Waals surface area contributed by atoms with Gasteiger partial charge in [0.25, 0.3) is 0 Å². The van der Waals surface area contributed by atoms with Gasteiger partial charge in [0, 0.05) is 28.6 Å². The van der Waals surface area contributed by atoms with Gasteiger partial charge in [0.05, 0.1) is 6.61 Å². The molecule has 0 aliphatic heterocycles. The van der Waals surface area contributed by atoms with Crippen molar-refractivity contribution in [2.75, 3.05) is 13.2 Å². The summed E-state index contributed by atoms with van der Waals surface area (Å²) in [5.74, 6) is -0.157. The lowest BCUT2D eigenvalue weighted by Gasteiger charge is -2.08. The SMILES string of the molecule is CCOC(=O)CCCNCc1c(Cl)cccc1Cl. The highest BCUT2D eigenvalue weighted by atomic mass is 35.5. The first-order valence-corrected chi connectivity index (χ1v) is 6.70. The smallest absolute Gasteiger partial charge is 0.305 e. The molecule has 0 radical (unpaired) electrons. The standard InChI is InChI=1S/C13H17Cl2NO2/c1-2-18-13(17)7-4-8-16-9-10-11(14)5-3-6-12(10)15/h3,5-6,16H,2,4,7-9H2,1H3. The number of ether oxygens (including phenoxy) is 1. The Hall–Kier alpha value is -0.770. The van der Waals surface area contributed by atoms with E-state index in [1.165, 1.54) is 0 Å². The average Bonchev–Trinajstić information content (AvgIpc) is 2.32. The molecule has 5 heteroatoms. The van der Waals surface area contributed by atoms with Gasteiger partial charge in [-0.15, -0.1) is 0 Å². The Bertz CT molecular complexity index is 376. The van der Waals surface area contributed by atoms with Crippen LogP contribution in [0, 0.1) is 0 Å². The zero-order valence-corrected chi connectivity index (χ0v) is 11.9. The predicted octanol–water partition coefficient (Wildman–Crippen LogP) is 3.43. The van der Waals surface area contributed by atoms with E-state index in [-0.39, 0.29) is 5.97 Å². The maximum absolute atomic E-state index is 11.1. The number of rotatable bonds is 7. The molecule has 0 fully saturated rings. The first-order valence-electron chi connectivity index (χ1n) is 5.94. The van der Waals surface area contributed by atoms with E-state index < -0.39 is 0 Å². The van der Waals surface area contributed by atoms with Gasteiger partial charge in [0.1, 0.15) is 0 Å². The summed E-state index contributed by atoms with van der Waals surface area (Å²) in [5, 5.41) is 4.51. The Balaban J connectivity index is 2.24. The van der Waals surface area contributed by atoms with Crippen LogP contribution in [0.5, 0.6) is 0 Å². The molecule has 0 atom stereocenters. The number of halogens is 2. The van der Waals surface area contributed by atoms with Crippen LogP contribution in [-0.4, -0.2) is 19.1 Å². The van der Waals surface area contributed by atoms with Gasteiger partial charge in [-0.3, -0.25) is 4.79 Å². The fraction of sp³-hybridized carbons (Fsp3) is 0.462. The van der Waals surface area contributed by atoms with Crippen molar-refractivity contribution in [1.29, 1.82) is 0 Å². The summed E-state index contributed by atoms with van der Waals surface area (Å²) in [6, 6.07) is 5.43. The van der Waals surface area contributed by atoms with Gasteiger partial charge >= 0.3 is 5.97 Å². The zero-order valence-electron chi connectivity index (χ0n) is 10.3. The molecule has 0 unspecified atom stereocenters. The third-order valence-corrected chi connectivity index (χ3v) is 3.11. The Kier molecular flexibility index (Phi) is 7.09. The molecule has 0 aliphatic rings. The van der Waals surface area contributed by atoms with Crippen molar-refractivity contribution >= 4 is 29.2 Å². The van der Waals surface area contributed by atoms with Crippen molar-refractivity contribution < 1.29 is 9.53 Å². The van der Waals surface area contributed by atoms with Crippen molar-refractivity contribution in [2.45, 2.75) is 26.3 Å². The summed E-state index contributed by atoms with van der Waals surface area (Å²) in [5.41, 5.74) is 0.886. The van der Waals surface area contributed by atoms with Gasteiger partial charge in [0.2, 0.25) is 0 Å². The van der Waals surface area contributed by atoms with Crippen LogP contribution >= 0.6 is 23.2 Å². The molecule has 18 heavy (non-hydrogen) atoms. The number of nitrogens with one attached hydrogen (secondary N) is 1. The van der Waals surface area contributed by atoms with Crippen LogP contribution in [-0.2, 0) is 16.1 Å². The monoisotopic (exact) mass is 289 g/mol. The third-order valence-electron chi connectivity index (χ3n) is 2.40. The second-order valence-electron chi connectivity index (χ2n) is 3.79. The molecular weight excluding hydrogens is 273 g/mol. The van der Waals surface area contributed by atoms with Crippen molar-refractivity contribution in [3.8, 4) is 0 Å². The van der Waals surface area contributed by atoms with E-state index in [1.54, 1.807) is 6.92 Å². The van der Waals surface area contributed by atoms with Crippen LogP contribution in [0.25, 0.3) is 0 Å². The van der Waals surface area contributed by atoms with E-state index in [4.69, 9.17) is 27.9 Å². The minimum Gasteiger partial charge on any atom is -0.466 e. The van der Waals surface area contributed by atoms with Crippen molar-refractivity contribution in [3.63, 3.8) is 0 Å². The number of hydrogen-bond acceptors (Lipinski definition) is 3. The molecular formula is C13H17Cl2NO2. The molecule has 0 bridgehead atoms. The highest BCUT2D eigenvalue weighted by molar-refractivity contribution is 6.35. The Morgan fingerprint density at radius 2 is 2.00 bits per heavy atom. The quantitative estimate of drug-likeness (QED) is 0.617. The van der Waals surface area contributed by atoms with Crippen LogP contribution in [0.4, 0.5) is 0 Å². The van der Waals surface area contributed by atoms with E-state index in [1.807, 2.05) is 18.2 Å². The van der Waals surface area contributed by atoms with Crippen molar-refractivity contribution in [2.24, 2.45) is 0 Å². The fourth-order valence-electron chi connectivity index (χ4n) is 1.51. The van der Waals surface area contributed by atoms with Crippen molar-refractivity contribution in [3.05, 3.63) is 33.8 Å². The number of carbonyl (C=O) groups excluding carboxylic acids is 1. The second kappa shape index (κ2) is 8.35. The minimum atomic E-state index is -0.157. The third kappa shape index (κ3) is 5.25. The molecule has 1 N–H and O–H groups in total. The molecule has 0 saturated carbocycles. The Morgan fingerprint density at radius 3 is 2.61 bits per heavy atom. The number of carbonyl (C=O) groups is 1. The van der Waals surface area contributed by atoms with Gasteiger partial charge < -0.3 is 10.1 Å². The van der Waals surface area contributed by atoms with E-state index in [0.29, 0.717) is 29.6 Å². The Labute approximate surface area is 117 Å². The molecule has 3 nitrogen and oxygen atoms in total. The molecule has 0 spiro atoms. The van der Waals surface area contributed by atoms with E-state index in [9.17, 15) is 4.79 Å². The summed E-state index contributed by atoms with van der Waals surface area (Å²) in [6.07, 6.45) is 1.16. The van der Waals surface area contributed by atoms with Crippen LogP contribution in [0.2, 0.25) is 10.0 Å². The zero-order chi connectivity index (χ0) is 13.4. The maximum atomic E-state index is 11.1. The number of hydrogen-bond donors (Lipinski definition) is 1. The normalized spacial score (nSPS) is 10.4. The number of benzene rings is 1. The lowest BCUT2D eigenvalue weighted by Crippen LogP contribution is -2.17. The van der Waals surface area contributed by atoms with Gasteiger partial charge in [-0.25, -0.2) is 0 Å². The largest absolute Gasteiger partial charge is 0.466 e. The van der Waals surface area contributed by atoms with E-state index in [0.717, 1.165) is 18.5 Å². The second-order valence-corrected chi connectivity index (χ2v) is 4.60. The molecule has 0 saturated heterocycles. The van der Waals surface area contributed by atoms with Crippen LogP contribution in [0.3, 0.4) is 0 Å². The van der Waals surface area contributed by atoms with Gasteiger partial charge in [-0.05, 0) is 32.0 Å². The summed E-state index contributed by atoms with van der Waals surface area (Å²) >= 11 is 12.1. The minimum absolute atomic E-state index is 0.157. The van der Waals surface area contributed by atoms with E-state index in [2.05, 4.69) is 5.32 Å². The Morgan fingerprint density at radius 1 is 1.33 bits per heavy atom. The summed E-state index contributed by atoms with van der Waals surface area (Å²) in [4.78, 5) is 11.1. The topological polar surface area (TPSA) is 38.3 Å². The van der Waals surface area contributed by atoms with Gasteiger partial charge in [-0.1, -0.05) is 29.3 Å². The van der Waals surface area contributed by atoms with Crippen molar-refractivity contribution in [1.82, 2.24) is 5.32 Å². The fourth-order valence-corrected chi connectivity index (χ4v) is 2.04. The lowest BCUT2D eigenvalue weighted by atomic mass is 10.2. The summed E-state index contributed by atoms with van der Waals surface area (Å²) < 4.78 is 4.84. The van der Waals surface area contributed by atoms with Crippen LogP contribution in [0.1, 0.15) is 25.3 Å². The molecule has 100 valence electrons. The maximum Gasteiger partial charge on any atom is 0.305 e. The highest BCUT2D eigenvalue weighted by Gasteiger charge is 2.05.